The molecule has 0 bridgehead atoms. The number of rotatable bonds is 8. The van der Waals surface area contributed by atoms with E-state index in [1.807, 2.05) is 12.1 Å². The van der Waals surface area contributed by atoms with E-state index in [2.05, 4.69) is 26.0 Å². The van der Waals surface area contributed by atoms with Crippen molar-refractivity contribution < 1.29 is 14.6 Å². The van der Waals surface area contributed by atoms with Gasteiger partial charge in [-0.25, -0.2) is 0 Å². The van der Waals surface area contributed by atoms with Crippen molar-refractivity contribution in [3.63, 3.8) is 0 Å². The Hall–Kier alpha value is -1.64. The van der Waals surface area contributed by atoms with Crippen LogP contribution in [0.3, 0.4) is 0 Å². The first-order chi connectivity index (χ1) is 9.62. The van der Waals surface area contributed by atoms with Crippen LogP contribution in [-0.4, -0.2) is 19.3 Å². The van der Waals surface area contributed by atoms with Gasteiger partial charge in [0, 0.05) is 0 Å². The van der Waals surface area contributed by atoms with Crippen molar-refractivity contribution in [1.29, 1.82) is 0 Å². The molecule has 1 atom stereocenters. The van der Waals surface area contributed by atoms with E-state index in [0.717, 1.165) is 5.56 Å². The molecule has 0 aliphatic carbocycles. The molecule has 1 unspecified atom stereocenters. The van der Waals surface area contributed by atoms with Gasteiger partial charge in [-0.1, -0.05) is 45.3 Å². The van der Waals surface area contributed by atoms with Gasteiger partial charge in [0.1, 0.15) is 0 Å². The summed E-state index contributed by atoms with van der Waals surface area (Å²) in [6, 6.07) is 3.63. The standard InChI is InChI=1S/C17H26O3/c1-5-6-7-8-13(2)9-10-14-11-15(19-3)17(18)16(12-14)20-4/h9-13,18H,5-8H2,1-4H3/b10-9+. The maximum absolute atomic E-state index is 9.86. The lowest BCUT2D eigenvalue weighted by Gasteiger charge is -2.10. The second-order valence-electron chi connectivity index (χ2n) is 5.11. The van der Waals surface area contributed by atoms with E-state index < -0.39 is 0 Å². The molecule has 1 aromatic rings. The highest BCUT2D eigenvalue weighted by Crippen LogP contribution is 2.37. The highest BCUT2D eigenvalue weighted by molar-refractivity contribution is 5.61. The molecule has 0 fully saturated rings. The van der Waals surface area contributed by atoms with Crippen LogP contribution < -0.4 is 9.47 Å². The zero-order valence-electron chi connectivity index (χ0n) is 13.0. The second-order valence-corrected chi connectivity index (χ2v) is 5.11. The lowest BCUT2D eigenvalue weighted by atomic mass is 10.0. The van der Waals surface area contributed by atoms with E-state index >= 15 is 0 Å². The van der Waals surface area contributed by atoms with Gasteiger partial charge >= 0.3 is 0 Å². The summed E-state index contributed by atoms with van der Waals surface area (Å²) >= 11 is 0. The van der Waals surface area contributed by atoms with Gasteiger partial charge in [-0.2, -0.15) is 0 Å². The molecule has 0 amide bonds. The topological polar surface area (TPSA) is 38.7 Å². The molecule has 0 spiro atoms. The Morgan fingerprint density at radius 1 is 1.15 bits per heavy atom. The van der Waals surface area contributed by atoms with E-state index in [1.165, 1.54) is 39.9 Å². The largest absolute Gasteiger partial charge is 0.502 e. The van der Waals surface area contributed by atoms with Gasteiger partial charge in [0.25, 0.3) is 0 Å². The third-order valence-electron chi connectivity index (χ3n) is 3.38. The van der Waals surface area contributed by atoms with E-state index in [1.54, 1.807) is 0 Å². The van der Waals surface area contributed by atoms with Crippen LogP contribution in [0.1, 0.15) is 45.1 Å². The molecule has 0 aliphatic heterocycles. The summed E-state index contributed by atoms with van der Waals surface area (Å²) in [5.41, 5.74) is 0.971. The zero-order chi connectivity index (χ0) is 15.0. The fraction of sp³-hybridized carbons (Fsp3) is 0.529. The first-order valence-corrected chi connectivity index (χ1v) is 7.25. The van der Waals surface area contributed by atoms with E-state index in [-0.39, 0.29) is 5.75 Å². The number of phenolic OH excluding ortho intramolecular Hbond substituents is 1. The van der Waals surface area contributed by atoms with Crippen LogP contribution in [0.25, 0.3) is 6.08 Å². The number of aromatic hydroxyl groups is 1. The van der Waals surface area contributed by atoms with Crippen LogP contribution in [0, 0.1) is 5.92 Å². The second kappa shape index (κ2) is 8.51. The molecule has 0 saturated carbocycles. The average molecular weight is 278 g/mol. The molecule has 3 heteroatoms. The minimum Gasteiger partial charge on any atom is -0.502 e. The summed E-state index contributed by atoms with van der Waals surface area (Å²) in [7, 11) is 3.07. The lowest BCUT2D eigenvalue weighted by molar-refractivity contribution is 0.340. The number of allylic oxidation sites excluding steroid dienone is 1. The molecule has 3 nitrogen and oxygen atoms in total. The summed E-state index contributed by atoms with van der Waals surface area (Å²) in [5, 5.41) is 9.86. The van der Waals surface area contributed by atoms with E-state index in [4.69, 9.17) is 9.47 Å². The van der Waals surface area contributed by atoms with Crippen molar-refractivity contribution in [2.75, 3.05) is 14.2 Å². The first-order valence-electron chi connectivity index (χ1n) is 7.25. The van der Waals surface area contributed by atoms with Gasteiger partial charge in [0.2, 0.25) is 5.75 Å². The van der Waals surface area contributed by atoms with Crippen molar-refractivity contribution in [2.24, 2.45) is 5.92 Å². The molecule has 1 N–H and O–H groups in total. The first kappa shape index (κ1) is 16.4. The Morgan fingerprint density at radius 3 is 2.25 bits per heavy atom. The number of hydrogen-bond acceptors (Lipinski definition) is 3. The van der Waals surface area contributed by atoms with Crippen molar-refractivity contribution in [2.45, 2.75) is 39.5 Å². The molecular formula is C17H26O3. The van der Waals surface area contributed by atoms with Gasteiger partial charge in [-0.05, 0) is 30.0 Å². The van der Waals surface area contributed by atoms with Crippen molar-refractivity contribution in [3.05, 3.63) is 23.8 Å². The van der Waals surface area contributed by atoms with Crippen LogP contribution in [0.2, 0.25) is 0 Å². The maximum atomic E-state index is 9.86. The Morgan fingerprint density at radius 2 is 1.75 bits per heavy atom. The molecule has 112 valence electrons. The summed E-state index contributed by atoms with van der Waals surface area (Å²) in [5.74, 6) is 1.46. The number of benzene rings is 1. The number of unbranched alkanes of at least 4 members (excludes halogenated alkanes) is 2. The van der Waals surface area contributed by atoms with Gasteiger partial charge in [-0.15, -0.1) is 0 Å². The number of hydrogen-bond donors (Lipinski definition) is 1. The van der Waals surface area contributed by atoms with Crippen LogP contribution >= 0.6 is 0 Å². The molecule has 0 aliphatic rings. The van der Waals surface area contributed by atoms with Crippen molar-refractivity contribution in [3.8, 4) is 17.2 Å². The van der Waals surface area contributed by atoms with Crippen LogP contribution in [-0.2, 0) is 0 Å². The fourth-order valence-electron chi connectivity index (χ4n) is 2.10. The number of methoxy groups -OCH3 is 2. The minimum atomic E-state index is 0.0446. The van der Waals surface area contributed by atoms with Crippen LogP contribution in [0.15, 0.2) is 18.2 Å². The van der Waals surface area contributed by atoms with Crippen LogP contribution in [0.4, 0.5) is 0 Å². The van der Waals surface area contributed by atoms with Crippen molar-refractivity contribution in [1.82, 2.24) is 0 Å². The number of phenols is 1. The highest BCUT2D eigenvalue weighted by atomic mass is 16.5. The maximum Gasteiger partial charge on any atom is 0.200 e. The zero-order valence-corrected chi connectivity index (χ0v) is 13.0. The third kappa shape index (κ3) is 4.80. The molecule has 20 heavy (non-hydrogen) atoms. The highest BCUT2D eigenvalue weighted by Gasteiger charge is 2.09. The summed E-state index contributed by atoms with van der Waals surface area (Å²) in [6.07, 6.45) is 9.27. The fourth-order valence-corrected chi connectivity index (χ4v) is 2.10. The molecule has 0 heterocycles. The molecule has 0 radical (unpaired) electrons. The smallest absolute Gasteiger partial charge is 0.200 e. The van der Waals surface area contributed by atoms with Gasteiger partial charge in [-0.3, -0.25) is 0 Å². The monoisotopic (exact) mass is 278 g/mol. The van der Waals surface area contributed by atoms with E-state index in [9.17, 15) is 5.11 Å². The van der Waals surface area contributed by atoms with Gasteiger partial charge in [0.15, 0.2) is 11.5 Å². The molecular weight excluding hydrogens is 252 g/mol. The molecule has 1 aromatic carbocycles. The Labute approximate surface area is 122 Å². The average Bonchev–Trinajstić information content (AvgIpc) is 2.46. The van der Waals surface area contributed by atoms with Crippen LogP contribution in [0.5, 0.6) is 17.2 Å². The quantitative estimate of drug-likeness (QED) is 0.704. The molecule has 0 saturated heterocycles. The van der Waals surface area contributed by atoms with Gasteiger partial charge in [0.05, 0.1) is 14.2 Å². The summed E-state index contributed by atoms with van der Waals surface area (Å²) < 4.78 is 10.3. The minimum absolute atomic E-state index is 0.0446. The predicted molar refractivity (Wildman–Crippen MR) is 83.6 cm³/mol. The predicted octanol–water partition coefficient (Wildman–Crippen LogP) is 4.64. The lowest BCUT2D eigenvalue weighted by Crippen LogP contribution is -1.91. The normalized spacial score (nSPS) is 12.6. The van der Waals surface area contributed by atoms with E-state index in [0.29, 0.717) is 17.4 Å². The summed E-state index contributed by atoms with van der Waals surface area (Å²) in [4.78, 5) is 0. The SMILES string of the molecule is CCCCCC(C)/C=C/c1cc(OC)c(O)c(OC)c1. The summed E-state index contributed by atoms with van der Waals surface area (Å²) in [6.45, 7) is 4.44. The van der Waals surface area contributed by atoms with Gasteiger partial charge < -0.3 is 14.6 Å². The molecule has 1 rings (SSSR count). The van der Waals surface area contributed by atoms with Crippen molar-refractivity contribution >= 4 is 6.08 Å². The number of ether oxygens (including phenoxy) is 2. The Balaban J connectivity index is 2.76. The Bertz CT molecular complexity index is 413. The molecule has 0 aromatic heterocycles. The third-order valence-corrected chi connectivity index (χ3v) is 3.38. The Kier molecular flexibility index (Phi) is 6.99.